The van der Waals surface area contributed by atoms with E-state index in [1.165, 1.54) is 0 Å². The van der Waals surface area contributed by atoms with Gasteiger partial charge in [-0.3, -0.25) is 4.79 Å². The maximum atomic E-state index is 11.7. The molecule has 2 heterocycles. The molecule has 1 aromatic heterocycles. The number of rotatable bonds is 2. The van der Waals surface area contributed by atoms with E-state index in [1.807, 2.05) is 13.0 Å². The number of hydrogen-bond acceptors (Lipinski definition) is 4. The molecule has 1 fully saturated rings. The van der Waals surface area contributed by atoms with E-state index in [2.05, 4.69) is 15.6 Å². The minimum atomic E-state index is -0.280. The van der Waals surface area contributed by atoms with Crippen molar-refractivity contribution >= 4 is 28.6 Å². The van der Waals surface area contributed by atoms with E-state index in [4.69, 9.17) is 16.0 Å². The van der Waals surface area contributed by atoms with Crippen LogP contribution in [0.1, 0.15) is 11.5 Å². The lowest BCUT2D eigenvalue weighted by atomic mass is 10.1. The van der Waals surface area contributed by atoms with E-state index >= 15 is 0 Å². The van der Waals surface area contributed by atoms with Crippen molar-refractivity contribution in [1.29, 1.82) is 0 Å². The second-order valence-electron chi connectivity index (χ2n) is 4.68. The Labute approximate surface area is 115 Å². The van der Waals surface area contributed by atoms with Crippen molar-refractivity contribution in [1.82, 2.24) is 15.6 Å². The molecule has 1 amide bonds. The summed E-state index contributed by atoms with van der Waals surface area (Å²) in [4.78, 5) is 16.1. The van der Waals surface area contributed by atoms with Crippen molar-refractivity contribution in [2.75, 3.05) is 13.1 Å². The summed E-state index contributed by atoms with van der Waals surface area (Å²) in [7, 11) is 0. The summed E-state index contributed by atoms with van der Waals surface area (Å²) in [6.45, 7) is 3.35. The van der Waals surface area contributed by atoms with Gasteiger partial charge in [0.15, 0.2) is 11.5 Å². The fraction of sp³-hybridized carbons (Fsp3) is 0.385. The molecule has 0 radical (unpaired) electrons. The van der Waals surface area contributed by atoms with E-state index < -0.39 is 0 Å². The molecule has 1 aliphatic heterocycles. The third kappa shape index (κ3) is 2.43. The Morgan fingerprint density at radius 3 is 3.11 bits per heavy atom. The highest BCUT2D eigenvalue weighted by Crippen LogP contribution is 2.24. The average Bonchev–Trinajstić information content (AvgIpc) is 2.75. The number of nitrogens with one attached hydrogen (secondary N) is 2. The monoisotopic (exact) mass is 279 g/mol. The number of piperazine rings is 1. The first-order valence-electron chi connectivity index (χ1n) is 6.20. The van der Waals surface area contributed by atoms with Gasteiger partial charge in [-0.25, -0.2) is 4.98 Å². The van der Waals surface area contributed by atoms with Crippen LogP contribution in [0.3, 0.4) is 0 Å². The van der Waals surface area contributed by atoms with E-state index in [1.54, 1.807) is 6.07 Å². The number of carbonyl (C=O) groups excluding carboxylic acids is 1. The second-order valence-corrected chi connectivity index (χ2v) is 5.12. The molecular formula is C13H14ClN3O2. The predicted molar refractivity (Wildman–Crippen MR) is 72.3 cm³/mol. The summed E-state index contributed by atoms with van der Waals surface area (Å²) in [5, 5.41) is 6.60. The van der Waals surface area contributed by atoms with Crippen LogP contribution in [0.4, 0.5) is 0 Å². The smallest absolute Gasteiger partial charge is 0.237 e. The van der Waals surface area contributed by atoms with Crippen LogP contribution in [0.15, 0.2) is 16.5 Å². The third-order valence-corrected chi connectivity index (χ3v) is 3.41. The molecule has 19 heavy (non-hydrogen) atoms. The molecule has 3 rings (SSSR count). The van der Waals surface area contributed by atoms with E-state index in [0.29, 0.717) is 23.9 Å². The fourth-order valence-corrected chi connectivity index (χ4v) is 2.54. The maximum absolute atomic E-state index is 11.7. The molecule has 1 aromatic carbocycles. The molecule has 1 saturated heterocycles. The van der Waals surface area contributed by atoms with Crippen molar-refractivity contribution < 1.29 is 9.21 Å². The second kappa shape index (κ2) is 4.83. The Balaban J connectivity index is 1.89. The summed E-state index contributed by atoms with van der Waals surface area (Å²) < 4.78 is 5.72. The minimum Gasteiger partial charge on any atom is -0.440 e. The molecule has 1 unspecified atom stereocenters. The molecule has 1 aliphatic rings. The fourth-order valence-electron chi connectivity index (χ4n) is 2.28. The molecule has 1 atom stereocenters. The van der Waals surface area contributed by atoms with Crippen LogP contribution in [0.25, 0.3) is 11.1 Å². The molecule has 5 nitrogen and oxygen atoms in total. The van der Waals surface area contributed by atoms with Gasteiger partial charge in [0.1, 0.15) is 5.52 Å². The number of aryl methyl sites for hydroxylation is 1. The third-order valence-electron chi connectivity index (χ3n) is 3.20. The first-order chi connectivity index (χ1) is 9.13. The number of amides is 1. The van der Waals surface area contributed by atoms with Crippen molar-refractivity contribution in [3.8, 4) is 0 Å². The lowest BCUT2D eigenvalue weighted by Crippen LogP contribution is -2.53. The standard InChI is InChI=1S/C13H14ClN3O2/c1-7-4-8(14)5-9-12(7)19-11(17-9)6-10-13(18)16-3-2-15-10/h4-5,10,15H,2-3,6H2,1H3,(H,16,18). The highest BCUT2D eigenvalue weighted by molar-refractivity contribution is 6.31. The highest BCUT2D eigenvalue weighted by atomic mass is 35.5. The quantitative estimate of drug-likeness (QED) is 0.872. The number of nitrogens with zero attached hydrogens (tertiary/aromatic N) is 1. The maximum Gasteiger partial charge on any atom is 0.237 e. The van der Waals surface area contributed by atoms with Crippen molar-refractivity contribution in [2.45, 2.75) is 19.4 Å². The summed E-state index contributed by atoms with van der Waals surface area (Å²) in [5.74, 6) is 0.540. The average molecular weight is 280 g/mol. The van der Waals surface area contributed by atoms with Crippen molar-refractivity contribution in [3.63, 3.8) is 0 Å². The van der Waals surface area contributed by atoms with Gasteiger partial charge < -0.3 is 15.1 Å². The Morgan fingerprint density at radius 2 is 2.32 bits per heavy atom. The molecule has 100 valence electrons. The molecule has 0 bridgehead atoms. The topological polar surface area (TPSA) is 67.2 Å². The van der Waals surface area contributed by atoms with Crippen LogP contribution < -0.4 is 10.6 Å². The lowest BCUT2D eigenvalue weighted by Gasteiger charge is -2.22. The zero-order valence-corrected chi connectivity index (χ0v) is 11.3. The van der Waals surface area contributed by atoms with Gasteiger partial charge >= 0.3 is 0 Å². The lowest BCUT2D eigenvalue weighted by molar-refractivity contribution is -0.124. The van der Waals surface area contributed by atoms with E-state index in [0.717, 1.165) is 23.2 Å². The summed E-state index contributed by atoms with van der Waals surface area (Å²) in [5.41, 5.74) is 2.41. The normalized spacial score (nSPS) is 19.7. The highest BCUT2D eigenvalue weighted by Gasteiger charge is 2.24. The Kier molecular flexibility index (Phi) is 3.16. The number of benzene rings is 1. The Morgan fingerprint density at radius 1 is 1.47 bits per heavy atom. The van der Waals surface area contributed by atoms with Gasteiger partial charge in [0.2, 0.25) is 5.91 Å². The van der Waals surface area contributed by atoms with Crippen LogP contribution in [-0.2, 0) is 11.2 Å². The van der Waals surface area contributed by atoms with Gasteiger partial charge in [0.05, 0.1) is 6.04 Å². The number of aromatic nitrogens is 1. The van der Waals surface area contributed by atoms with Crippen LogP contribution in [0, 0.1) is 6.92 Å². The molecule has 2 N–H and O–H groups in total. The van der Waals surface area contributed by atoms with E-state index in [9.17, 15) is 4.79 Å². The predicted octanol–water partition coefficient (Wildman–Crippen LogP) is 1.42. The molecule has 0 aliphatic carbocycles. The van der Waals surface area contributed by atoms with Crippen molar-refractivity contribution in [3.05, 3.63) is 28.6 Å². The van der Waals surface area contributed by atoms with Crippen LogP contribution in [0.5, 0.6) is 0 Å². The van der Waals surface area contributed by atoms with Crippen LogP contribution in [-0.4, -0.2) is 30.0 Å². The number of halogens is 1. The molecule has 0 spiro atoms. The molecule has 6 heteroatoms. The van der Waals surface area contributed by atoms with Crippen molar-refractivity contribution in [2.24, 2.45) is 0 Å². The summed E-state index contributed by atoms with van der Waals surface area (Å²) in [6.07, 6.45) is 0.442. The van der Waals surface area contributed by atoms with Gasteiger partial charge in [-0.2, -0.15) is 0 Å². The summed E-state index contributed by atoms with van der Waals surface area (Å²) >= 11 is 5.99. The largest absolute Gasteiger partial charge is 0.440 e. The number of oxazole rings is 1. The van der Waals surface area contributed by atoms with Crippen LogP contribution >= 0.6 is 11.6 Å². The zero-order chi connectivity index (χ0) is 13.4. The van der Waals surface area contributed by atoms with Gasteiger partial charge in [0.25, 0.3) is 0 Å². The SMILES string of the molecule is Cc1cc(Cl)cc2nc(CC3NCCNC3=O)oc12. The molecule has 0 saturated carbocycles. The molecule has 2 aromatic rings. The number of carbonyl (C=O) groups is 1. The van der Waals surface area contributed by atoms with Gasteiger partial charge in [0, 0.05) is 24.5 Å². The summed E-state index contributed by atoms with van der Waals surface area (Å²) in [6, 6.07) is 3.33. The van der Waals surface area contributed by atoms with Gasteiger partial charge in [-0.15, -0.1) is 0 Å². The van der Waals surface area contributed by atoms with Crippen LogP contribution in [0.2, 0.25) is 5.02 Å². The number of hydrogen-bond donors (Lipinski definition) is 2. The van der Waals surface area contributed by atoms with E-state index in [-0.39, 0.29) is 11.9 Å². The number of fused-ring (bicyclic) bond motifs is 1. The Hall–Kier alpha value is -1.59. The minimum absolute atomic E-state index is 0.0109. The van der Waals surface area contributed by atoms with Gasteiger partial charge in [-0.05, 0) is 24.6 Å². The zero-order valence-electron chi connectivity index (χ0n) is 10.5. The first-order valence-corrected chi connectivity index (χ1v) is 6.58. The molecular weight excluding hydrogens is 266 g/mol. The van der Waals surface area contributed by atoms with Gasteiger partial charge in [-0.1, -0.05) is 11.6 Å². The first kappa shape index (κ1) is 12.4. The Bertz CT molecular complexity index is 638.